The second kappa shape index (κ2) is 5.80. The number of nitro groups is 1. The van der Waals surface area contributed by atoms with E-state index in [-0.39, 0.29) is 17.1 Å². The van der Waals surface area contributed by atoms with Crippen molar-refractivity contribution in [2.75, 3.05) is 5.32 Å². The summed E-state index contributed by atoms with van der Waals surface area (Å²) in [6, 6.07) is 6.71. The van der Waals surface area contributed by atoms with E-state index in [2.05, 4.69) is 10.3 Å². The number of nitrogens with zero attached hydrogens (tertiary/aromatic N) is 2. The fourth-order valence-corrected chi connectivity index (χ4v) is 1.58. The van der Waals surface area contributed by atoms with E-state index in [0.717, 1.165) is 18.2 Å². The monoisotopic (exact) mass is 311 g/mol. The Morgan fingerprint density at radius 2 is 1.95 bits per heavy atom. The summed E-state index contributed by atoms with van der Waals surface area (Å²) in [6.45, 7) is 0. The van der Waals surface area contributed by atoms with E-state index in [4.69, 9.17) is 0 Å². The average molecular weight is 311 g/mol. The number of non-ortho nitro benzene ring substituents is 1. The number of nitro benzene ring substituents is 1. The van der Waals surface area contributed by atoms with Crippen LogP contribution in [0.5, 0.6) is 0 Å². The molecule has 1 aromatic heterocycles. The fraction of sp³-hybridized carbons (Fsp3) is 0.0769. The number of carbonyl (C=O) groups excluding carboxylic acids is 1. The van der Waals surface area contributed by atoms with Crippen molar-refractivity contribution in [1.82, 2.24) is 4.98 Å². The molecule has 0 spiro atoms. The average Bonchev–Trinajstić information content (AvgIpc) is 2.47. The number of rotatable bonds is 3. The van der Waals surface area contributed by atoms with Crippen LogP contribution in [0.1, 0.15) is 15.9 Å². The van der Waals surface area contributed by atoms with Crippen molar-refractivity contribution in [3.8, 4) is 0 Å². The highest BCUT2D eigenvalue weighted by atomic mass is 19.4. The summed E-state index contributed by atoms with van der Waals surface area (Å²) in [4.78, 5) is 25.3. The summed E-state index contributed by atoms with van der Waals surface area (Å²) < 4.78 is 37.1. The molecule has 0 fully saturated rings. The number of nitrogens with one attached hydrogen (secondary N) is 1. The lowest BCUT2D eigenvalue weighted by atomic mass is 10.2. The number of alkyl halides is 3. The summed E-state index contributed by atoms with van der Waals surface area (Å²) in [5.74, 6) is -0.805. The van der Waals surface area contributed by atoms with Gasteiger partial charge in [0.2, 0.25) is 0 Å². The number of aromatic nitrogens is 1. The first-order valence-corrected chi connectivity index (χ1v) is 5.86. The molecule has 6 nitrogen and oxygen atoms in total. The topological polar surface area (TPSA) is 85.1 Å². The van der Waals surface area contributed by atoms with Gasteiger partial charge in [0, 0.05) is 23.9 Å². The Morgan fingerprint density at radius 3 is 2.50 bits per heavy atom. The van der Waals surface area contributed by atoms with Gasteiger partial charge in [-0.2, -0.15) is 13.2 Å². The third-order valence-corrected chi connectivity index (χ3v) is 2.65. The van der Waals surface area contributed by atoms with Crippen LogP contribution in [0, 0.1) is 10.1 Å². The van der Waals surface area contributed by atoms with Gasteiger partial charge in [-0.05, 0) is 18.2 Å². The van der Waals surface area contributed by atoms with Gasteiger partial charge < -0.3 is 5.32 Å². The van der Waals surface area contributed by atoms with Crippen molar-refractivity contribution < 1.29 is 22.9 Å². The molecule has 0 saturated carbocycles. The Kier molecular flexibility index (Phi) is 4.06. The standard InChI is InChI=1S/C13H8F3N3O3/c14-13(15,16)9-4-5-11(17-7-9)18-12(20)8-2-1-3-10(6-8)19(21)22/h1-7H,(H,17,18,20). The van der Waals surface area contributed by atoms with Crippen LogP contribution >= 0.6 is 0 Å². The van der Waals surface area contributed by atoms with Crippen molar-refractivity contribution in [3.05, 3.63) is 63.8 Å². The molecule has 0 aliphatic carbocycles. The maximum absolute atomic E-state index is 12.4. The molecule has 1 amide bonds. The number of hydrogen-bond acceptors (Lipinski definition) is 4. The number of hydrogen-bond donors (Lipinski definition) is 1. The summed E-state index contributed by atoms with van der Waals surface area (Å²) in [5, 5.41) is 12.9. The van der Waals surface area contributed by atoms with Gasteiger partial charge in [0.15, 0.2) is 0 Å². The molecule has 0 atom stereocenters. The molecule has 2 aromatic rings. The molecule has 0 aliphatic rings. The van der Waals surface area contributed by atoms with Crippen molar-refractivity contribution in [2.45, 2.75) is 6.18 Å². The molecule has 0 saturated heterocycles. The van der Waals surface area contributed by atoms with Gasteiger partial charge in [-0.1, -0.05) is 6.07 Å². The first-order valence-electron chi connectivity index (χ1n) is 5.86. The van der Waals surface area contributed by atoms with Gasteiger partial charge in [-0.15, -0.1) is 0 Å². The van der Waals surface area contributed by atoms with Crippen LogP contribution in [0.25, 0.3) is 0 Å². The molecule has 0 unspecified atom stereocenters. The fourth-order valence-electron chi connectivity index (χ4n) is 1.58. The highest BCUT2D eigenvalue weighted by molar-refractivity contribution is 6.04. The minimum Gasteiger partial charge on any atom is -0.307 e. The van der Waals surface area contributed by atoms with Crippen LogP contribution < -0.4 is 5.32 Å². The third-order valence-electron chi connectivity index (χ3n) is 2.65. The lowest BCUT2D eigenvalue weighted by Gasteiger charge is -2.08. The molecule has 0 bridgehead atoms. The maximum atomic E-state index is 12.4. The summed E-state index contributed by atoms with van der Waals surface area (Å²) in [6.07, 6.45) is -3.93. The zero-order chi connectivity index (χ0) is 16.3. The smallest absolute Gasteiger partial charge is 0.307 e. The van der Waals surface area contributed by atoms with E-state index in [1.54, 1.807) is 0 Å². The quantitative estimate of drug-likeness (QED) is 0.696. The number of halogens is 3. The molecule has 114 valence electrons. The van der Waals surface area contributed by atoms with Crippen LogP contribution in [0.3, 0.4) is 0 Å². The predicted molar refractivity (Wildman–Crippen MR) is 70.3 cm³/mol. The van der Waals surface area contributed by atoms with Gasteiger partial charge in [-0.25, -0.2) is 4.98 Å². The second-order valence-corrected chi connectivity index (χ2v) is 4.19. The number of benzene rings is 1. The highest BCUT2D eigenvalue weighted by Crippen LogP contribution is 2.28. The molecular formula is C13H8F3N3O3. The van der Waals surface area contributed by atoms with Crippen LogP contribution in [0.4, 0.5) is 24.7 Å². The Balaban J connectivity index is 2.15. The minimum atomic E-state index is -4.52. The second-order valence-electron chi connectivity index (χ2n) is 4.19. The van der Waals surface area contributed by atoms with Crippen molar-refractivity contribution in [1.29, 1.82) is 0 Å². The molecule has 1 heterocycles. The minimum absolute atomic E-state index is 0.00380. The SMILES string of the molecule is O=C(Nc1ccc(C(F)(F)F)cn1)c1cccc([N+](=O)[O-])c1. The Hall–Kier alpha value is -2.97. The summed E-state index contributed by atoms with van der Waals surface area (Å²) >= 11 is 0. The summed E-state index contributed by atoms with van der Waals surface area (Å²) in [7, 11) is 0. The van der Waals surface area contributed by atoms with Crippen LogP contribution in [0.2, 0.25) is 0 Å². The van der Waals surface area contributed by atoms with E-state index >= 15 is 0 Å². The van der Waals surface area contributed by atoms with E-state index in [1.807, 2.05) is 0 Å². The molecule has 2 rings (SSSR count). The predicted octanol–water partition coefficient (Wildman–Crippen LogP) is 3.26. The van der Waals surface area contributed by atoms with Crippen molar-refractivity contribution in [2.24, 2.45) is 0 Å². The van der Waals surface area contributed by atoms with Gasteiger partial charge in [-0.3, -0.25) is 14.9 Å². The van der Waals surface area contributed by atoms with Crippen molar-refractivity contribution >= 4 is 17.4 Å². The van der Waals surface area contributed by atoms with E-state index in [1.165, 1.54) is 18.2 Å². The first-order chi connectivity index (χ1) is 10.3. The van der Waals surface area contributed by atoms with Crippen LogP contribution in [0.15, 0.2) is 42.6 Å². The van der Waals surface area contributed by atoms with Crippen LogP contribution in [-0.4, -0.2) is 15.8 Å². The molecular weight excluding hydrogens is 303 g/mol. The zero-order valence-corrected chi connectivity index (χ0v) is 10.8. The normalized spacial score (nSPS) is 11.0. The zero-order valence-electron chi connectivity index (χ0n) is 10.8. The molecule has 1 N–H and O–H groups in total. The number of pyridine rings is 1. The Labute approximate surface area is 121 Å². The maximum Gasteiger partial charge on any atom is 0.417 e. The molecule has 0 radical (unpaired) electrons. The van der Waals surface area contributed by atoms with E-state index < -0.39 is 22.6 Å². The molecule has 9 heteroatoms. The number of carbonyl (C=O) groups is 1. The lowest BCUT2D eigenvalue weighted by Crippen LogP contribution is -2.14. The van der Waals surface area contributed by atoms with Gasteiger partial charge >= 0.3 is 6.18 Å². The van der Waals surface area contributed by atoms with E-state index in [9.17, 15) is 28.1 Å². The van der Waals surface area contributed by atoms with E-state index in [0.29, 0.717) is 6.20 Å². The largest absolute Gasteiger partial charge is 0.417 e. The van der Waals surface area contributed by atoms with Gasteiger partial charge in [0.1, 0.15) is 5.82 Å². The lowest BCUT2D eigenvalue weighted by molar-refractivity contribution is -0.384. The number of amides is 1. The van der Waals surface area contributed by atoms with Gasteiger partial charge in [0.05, 0.1) is 10.5 Å². The summed E-state index contributed by atoms with van der Waals surface area (Å²) in [5.41, 5.74) is -1.22. The van der Waals surface area contributed by atoms with Gasteiger partial charge in [0.25, 0.3) is 11.6 Å². The highest BCUT2D eigenvalue weighted by Gasteiger charge is 2.30. The van der Waals surface area contributed by atoms with Crippen molar-refractivity contribution in [3.63, 3.8) is 0 Å². The number of anilines is 1. The molecule has 0 aliphatic heterocycles. The Bertz CT molecular complexity index is 714. The first kappa shape index (κ1) is 15.4. The van der Waals surface area contributed by atoms with Crippen LogP contribution in [-0.2, 0) is 6.18 Å². The Morgan fingerprint density at radius 1 is 1.23 bits per heavy atom. The molecule has 22 heavy (non-hydrogen) atoms. The third kappa shape index (κ3) is 3.57. The molecule has 1 aromatic carbocycles.